The van der Waals surface area contributed by atoms with Crippen LogP contribution in [0.4, 0.5) is 5.95 Å². The SMILES string of the molecule is Cc1nc(N2CCCC(C)C2C)ncc1CNC(C)(C)C. The van der Waals surface area contributed by atoms with Gasteiger partial charge in [0.15, 0.2) is 0 Å². The van der Waals surface area contributed by atoms with Crippen LogP contribution >= 0.6 is 0 Å². The van der Waals surface area contributed by atoms with E-state index >= 15 is 0 Å². The van der Waals surface area contributed by atoms with Gasteiger partial charge in [-0.1, -0.05) is 6.92 Å². The van der Waals surface area contributed by atoms with E-state index in [-0.39, 0.29) is 5.54 Å². The van der Waals surface area contributed by atoms with E-state index in [1.165, 1.54) is 18.4 Å². The van der Waals surface area contributed by atoms with Crippen LogP contribution in [0.25, 0.3) is 0 Å². The van der Waals surface area contributed by atoms with Crippen LogP contribution in [0.3, 0.4) is 0 Å². The lowest BCUT2D eigenvalue weighted by atomic mass is 9.92. The Morgan fingerprint density at radius 2 is 2.05 bits per heavy atom. The quantitative estimate of drug-likeness (QED) is 0.927. The van der Waals surface area contributed by atoms with Crippen molar-refractivity contribution in [2.45, 2.75) is 72.5 Å². The molecule has 2 rings (SSSR count). The Kier molecular flexibility index (Phi) is 4.87. The smallest absolute Gasteiger partial charge is 0.225 e. The van der Waals surface area contributed by atoms with Crippen molar-refractivity contribution in [1.29, 1.82) is 0 Å². The average Bonchev–Trinajstić information content (AvgIpc) is 2.39. The van der Waals surface area contributed by atoms with Crippen LogP contribution < -0.4 is 10.2 Å². The molecule has 1 aliphatic rings. The summed E-state index contributed by atoms with van der Waals surface area (Å²) in [6.45, 7) is 15.1. The van der Waals surface area contributed by atoms with Gasteiger partial charge in [-0.15, -0.1) is 0 Å². The van der Waals surface area contributed by atoms with Crippen LogP contribution in [-0.2, 0) is 6.54 Å². The summed E-state index contributed by atoms with van der Waals surface area (Å²) in [5.74, 6) is 1.61. The summed E-state index contributed by atoms with van der Waals surface area (Å²) in [5, 5.41) is 3.50. The maximum absolute atomic E-state index is 4.76. The van der Waals surface area contributed by atoms with Gasteiger partial charge in [0.2, 0.25) is 5.95 Å². The Morgan fingerprint density at radius 3 is 2.67 bits per heavy atom. The molecule has 4 heteroatoms. The van der Waals surface area contributed by atoms with E-state index in [1.54, 1.807) is 0 Å². The van der Waals surface area contributed by atoms with Gasteiger partial charge in [0.1, 0.15) is 0 Å². The molecule has 0 bridgehead atoms. The molecule has 0 spiro atoms. The molecule has 1 aromatic heterocycles. The summed E-state index contributed by atoms with van der Waals surface area (Å²) in [7, 11) is 0. The largest absolute Gasteiger partial charge is 0.338 e. The molecule has 2 unspecified atom stereocenters. The van der Waals surface area contributed by atoms with Crippen molar-refractivity contribution >= 4 is 5.95 Å². The molecular weight excluding hydrogens is 260 g/mol. The molecule has 1 aliphatic heterocycles. The highest BCUT2D eigenvalue weighted by molar-refractivity contribution is 5.35. The van der Waals surface area contributed by atoms with Gasteiger partial charge < -0.3 is 10.2 Å². The van der Waals surface area contributed by atoms with Crippen molar-refractivity contribution in [3.8, 4) is 0 Å². The van der Waals surface area contributed by atoms with Crippen molar-refractivity contribution in [3.63, 3.8) is 0 Å². The summed E-state index contributed by atoms with van der Waals surface area (Å²) in [6, 6.07) is 0.525. The van der Waals surface area contributed by atoms with Crippen LogP contribution in [0.2, 0.25) is 0 Å². The third-order valence-corrected chi connectivity index (χ3v) is 4.51. The highest BCUT2D eigenvalue weighted by atomic mass is 15.3. The molecule has 0 aromatic carbocycles. The maximum Gasteiger partial charge on any atom is 0.225 e. The van der Waals surface area contributed by atoms with Crippen LogP contribution in [-0.4, -0.2) is 28.1 Å². The van der Waals surface area contributed by atoms with Crippen LogP contribution in [0.15, 0.2) is 6.20 Å². The molecule has 4 nitrogen and oxygen atoms in total. The molecule has 0 amide bonds. The summed E-state index contributed by atoms with van der Waals surface area (Å²) >= 11 is 0. The fraction of sp³-hybridized carbons (Fsp3) is 0.765. The molecule has 1 saturated heterocycles. The van der Waals surface area contributed by atoms with Gasteiger partial charge in [-0.2, -0.15) is 0 Å². The number of hydrogen-bond acceptors (Lipinski definition) is 4. The Bertz CT molecular complexity index is 478. The van der Waals surface area contributed by atoms with E-state index < -0.39 is 0 Å². The first kappa shape index (κ1) is 16.2. The van der Waals surface area contributed by atoms with E-state index in [2.05, 4.69) is 56.7 Å². The van der Waals surface area contributed by atoms with E-state index in [4.69, 9.17) is 4.98 Å². The molecule has 1 fully saturated rings. The van der Waals surface area contributed by atoms with Crippen molar-refractivity contribution < 1.29 is 0 Å². The molecule has 1 aromatic rings. The van der Waals surface area contributed by atoms with Gasteiger partial charge >= 0.3 is 0 Å². The summed E-state index contributed by atoms with van der Waals surface area (Å²) in [5.41, 5.74) is 2.38. The van der Waals surface area contributed by atoms with E-state index in [0.717, 1.165) is 24.7 Å². The van der Waals surface area contributed by atoms with Crippen molar-refractivity contribution in [3.05, 3.63) is 17.5 Å². The maximum atomic E-state index is 4.76. The number of nitrogens with zero attached hydrogens (tertiary/aromatic N) is 3. The summed E-state index contributed by atoms with van der Waals surface area (Å²) in [4.78, 5) is 11.7. The van der Waals surface area contributed by atoms with Gasteiger partial charge in [0.25, 0.3) is 0 Å². The van der Waals surface area contributed by atoms with Crippen molar-refractivity contribution in [2.24, 2.45) is 5.92 Å². The molecule has 118 valence electrons. The summed E-state index contributed by atoms with van der Waals surface area (Å²) in [6.07, 6.45) is 4.54. The Morgan fingerprint density at radius 1 is 1.33 bits per heavy atom. The third kappa shape index (κ3) is 4.16. The minimum absolute atomic E-state index is 0.113. The Hall–Kier alpha value is -1.16. The van der Waals surface area contributed by atoms with Gasteiger partial charge in [-0.25, -0.2) is 9.97 Å². The van der Waals surface area contributed by atoms with Gasteiger partial charge in [-0.05, 0) is 53.4 Å². The normalized spacial score (nSPS) is 23.4. The Labute approximate surface area is 129 Å². The second-order valence-electron chi connectivity index (χ2n) is 7.44. The van der Waals surface area contributed by atoms with Crippen molar-refractivity contribution in [2.75, 3.05) is 11.4 Å². The first-order valence-electron chi connectivity index (χ1n) is 8.12. The third-order valence-electron chi connectivity index (χ3n) is 4.51. The van der Waals surface area contributed by atoms with E-state index in [9.17, 15) is 0 Å². The summed E-state index contributed by atoms with van der Waals surface area (Å²) < 4.78 is 0. The molecule has 21 heavy (non-hydrogen) atoms. The molecule has 1 N–H and O–H groups in total. The molecule has 0 saturated carbocycles. The topological polar surface area (TPSA) is 41.1 Å². The predicted octanol–water partition coefficient (Wildman–Crippen LogP) is 3.30. The number of piperidine rings is 1. The highest BCUT2D eigenvalue weighted by Gasteiger charge is 2.26. The number of rotatable bonds is 3. The molecular formula is C17H30N4. The lowest BCUT2D eigenvalue weighted by Crippen LogP contribution is -2.43. The number of nitrogens with one attached hydrogen (secondary N) is 1. The van der Waals surface area contributed by atoms with Crippen LogP contribution in [0.5, 0.6) is 0 Å². The molecule has 2 atom stereocenters. The zero-order chi connectivity index (χ0) is 15.6. The fourth-order valence-corrected chi connectivity index (χ4v) is 2.77. The van der Waals surface area contributed by atoms with E-state index in [0.29, 0.717) is 12.0 Å². The zero-order valence-electron chi connectivity index (χ0n) is 14.4. The van der Waals surface area contributed by atoms with Crippen LogP contribution in [0.1, 0.15) is 58.7 Å². The molecule has 0 radical (unpaired) electrons. The van der Waals surface area contributed by atoms with Crippen molar-refractivity contribution in [1.82, 2.24) is 15.3 Å². The lowest BCUT2D eigenvalue weighted by molar-refractivity contribution is 0.359. The molecule has 2 heterocycles. The van der Waals surface area contributed by atoms with E-state index in [1.807, 2.05) is 6.20 Å². The first-order chi connectivity index (χ1) is 9.78. The average molecular weight is 290 g/mol. The first-order valence-corrected chi connectivity index (χ1v) is 8.12. The lowest BCUT2D eigenvalue weighted by Gasteiger charge is -2.38. The zero-order valence-corrected chi connectivity index (χ0v) is 14.4. The predicted molar refractivity (Wildman–Crippen MR) is 88.6 cm³/mol. The highest BCUT2D eigenvalue weighted by Crippen LogP contribution is 2.26. The number of anilines is 1. The molecule has 0 aliphatic carbocycles. The van der Waals surface area contributed by atoms with Gasteiger partial charge in [-0.3, -0.25) is 0 Å². The number of aryl methyl sites for hydroxylation is 1. The monoisotopic (exact) mass is 290 g/mol. The van der Waals surface area contributed by atoms with Gasteiger partial charge in [0.05, 0.1) is 0 Å². The van der Waals surface area contributed by atoms with Gasteiger partial charge in [0, 0.05) is 42.1 Å². The minimum atomic E-state index is 0.113. The standard InChI is InChI=1S/C17H30N4/c1-12-8-7-9-21(14(12)3)16-18-10-15(13(2)20-16)11-19-17(4,5)6/h10,12,14,19H,7-9,11H2,1-6H3. The number of aromatic nitrogens is 2. The number of hydrogen-bond donors (Lipinski definition) is 1. The fourth-order valence-electron chi connectivity index (χ4n) is 2.77. The van der Waals surface area contributed by atoms with Crippen LogP contribution in [0, 0.1) is 12.8 Å². The Balaban J connectivity index is 2.11. The second kappa shape index (κ2) is 6.30. The second-order valence-corrected chi connectivity index (χ2v) is 7.44. The minimum Gasteiger partial charge on any atom is -0.338 e.